The molecule has 0 fully saturated rings. The van der Waals surface area contributed by atoms with E-state index in [-0.39, 0.29) is 18.2 Å². The van der Waals surface area contributed by atoms with Gasteiger partial charge in [-0.1, -0.05) is 0 Å². The number of rotatable bonds is 4. The second kappa shape index (κ2) is 6.51. The topological polar surface area (TPSA) is 55.3 Å². The van der Waals surface area contributed by atoms with Crippen molar-refractivity contribution in [1.29, 1.82) is 0 Å². The number of anilines is 1. The standard InChI is InChI=1S/C17H17F2N3O2/c1-3-24-16(23)12-8-20-17(21-9-12)22(2)13-4-10-6-14(18)15(19)7-11(10)5-13/h6-9,13H,3-5H2,1-2H3. The average Bonchev–Trinajstić information content (AvgIpc) is 2.97. The lowest BCUT2D eigenvalue weighted by atomic mass is 10.1. The minimum absolute atomic E-state index is 0.00893. The normalized spacial score (nSPS) is 13.7. The highest BCUT2D eigenvalue weighted by Gasteiger charge is 2.27. The molecule has 0 saturated carbocycles. The summed E-state index contributed by atoms with van der Waals surface area (Å²) in [5.74, 6) is -1.67. The van der Waals surface area contributed by atoms with E-state index in [4.69, 9.17) is 4.74 Å². The molecule has 1 aliphatic rings. The molecule has 0 bridgehead atoms. The van der Waals surface area contributed by atoms with Crippen LogP contribution in [0.5, 0.6) is 0 Å². The maximum Gasteiger partial charge on any atom is 0.341 e. The molecular formula is C17H17F2N3O2. The second-order valence-corrected chi connectivity index (χ2v) is 5.70. The molecule has 0 saturated heterocycles. The van der Waals surface area contributed by atoms with Crippen molar-refractivity contribution >= 4 is 11.9 Å². The highest BCUT2D eigenvalue weighted by Crippen LogP contribution is 2.28. The molecule has 0 spiro atoms. The van der Waals surface area contributed by atoms with Crippen molar-refractivity contribution in [3.8, 4) is 0 Å². The molecule has 0 amide bonds. The van der Waals surface area contributed by atoms with Crippen LogP contribution in [0.3, 0.4) is 0 Å². The van der Waals surface area contributed by atoms with Crippen LogP contribution in [0.2, 0.25) is 0 Å². The van der Waals surface area contributed by atoms with E-state index in [0.29, 0.717) is 18.8 Å². The van der Waals surface area contributed by atoms with Crippen molar-refractivity contribution in [3.63, 3.8) is 0 Å². The fourth-order valence-corrected chi connectivity index (χ4v) is 2.85. The van der Waals surface area contributed by atoms with Gasteiger partial charge in [0, 0.05) is 25.5 Å². The SMILES string of the molecule is CCOC(=O)c1cnc(N(C)C2Cc3cc(F)c(F)cc3C2)nc1. The third-order valence-corrected chi connectivity index (χ3v) is 4.17. The molecule has 1 aliphatic carbocycles. The van der Waals surface area contributed by atoms with Crippen LogP contribution >= 0.6 is 0 Å². The van der Waals surface area contributed by atoms with Gasteiger partial charge in [-0.2, -0.15) is 0 Å². The molecule has 24 heavy (non-hydrogen) atoms. The van der Waals surface area contributed by atoms with Crippen molar-refractivity contribution < 1.29 is 18.3 Å². The molecule has 2 aromatic rings. The van der Waals surface area contributed by atoms with Gasteiger partial charge in [-0.25, -0.2) is 23.5 Å². The van der Waals surface area contributed by atoms with Gasteiger partial charge in [0.2, 0.25) is 5.95 Å². The van der Waals surface area contributed by atoms with E-state index < -0.39 is 17.6 Å². The zero-order valence-corrected chi connectivity index (χ0v) is 13.4. The van der Waals surface area contributed by atoms with Crippen LogP contribution in [0.15, 0.2) is 24.5 Å². The Hall–Kier alpha value is -2.57. The fraction of sp³-hybridized carbons (Fsp3) is 0.353. The molecule has 0 N–H and O–H groups in total. The van der Waals surface area contributed by atoms with Gasteiger partial charge in [-0.15, -0.1) is 0 Å². The molecule has 1 aromatic heterocycles. The van der Waals surface area contributed by atoms with Gasteiger partial charge in [-0.3, -0.25) is 0 Å². The first kappa shape index (κ1) is 16.3. The van der Waals surface area contributed by atoms with E-state index in [9.17, 15) is 13.6 Å². The summed E-state index contributed by atoms with van der Waals surface area (Å²) in [6.07, 6.45) is 4.01. The van der Waals surface area contributed by atoms with E-state index in [1.165, 1.54) is 24.5 Å². The monoisotopic (exact) mass is 333 g/mol. The predicted molar refractivity (Wildman–Crippen MR) is 83.9 cm³/mol. The molecule has 0 unspecified atom stereocenters. The van der Waals surface area contributed by atoms with Gasteiger partial charge in [0.15, 0.2) is 11.6 Å². The molecular weight excluding hydrogens is 316 g/mol. The first-order valence-corrected chi connectivity index (χ1v) is 7.68. The Labute approximate surface area is 138 Å². The van der Waals surface area contributed by atoms with Crippen LogP contribution in [0.1, 0.15) is 28.4 Å². The molecule has 7 heteroatoms. The first-order chi connectivity index (χ1) is 11.5. The number of nitrogens with zero attached hydrogens (tertiary/aromatic N) is 3. The number of hydrogen-bond acceptors (Lipinski definition) is 5. The van der Waals surface area contributed by atoms with Crippen molar-refractivity contribution in [3.05, 3.63) is 52.9 Å². The predicted octanol–water partition coefficient (Wildman–Crippen LogP) is 2.54. The van der Waals surface area contributed by atoms with E-state index in [1.54, 1.807) is 6.92 Å². The fourth-order valence-electron chi connectivity index (χ4n) is 2.85. The Morgan fingerprint density at radius 3 is 2.25 bits per heavy atom. The van der Waals surface area contributed by atoms with Gasteiger partial charge >= 0.3 is 5.97 Å². The lowest BCUT2D eigenvalue weighted by Crippen LogP contribution is -2.33. The highest BCUT2D eigenvalue weighted by atomic mass is 19.2. The first-order valence-electron chi connectivity index (χ1n) is 7.68. The zero-order valence-electron chi connectivity index (χ0n) is 13.4. The summed E-state index contributed by atoms with van der Waals surface area (Å²) in [7, 11) is 1.82. The molecule has 3 rings (SSSR count). The maximum atomic E-state index is 13.4. The third-order valence-electron chi connectivity index (χ3n) is 4.17. The van der Waals surface area contributed by atoms with Crippen molar-refractivity contribution in [1.82, 2.24) is 9.97 Å². The largest absolute Gasteiger partial charge is 0.462 e. The molecule has 126 valence electrons. The number of carbonyl (C=O) groups excluding carboxylic acids is 1. The minimum atomic E-state index is -0.827. The molecule has 0 atom stereocenters. The summed E-state index contributed by atoms with van der Waals surface area (Å²) in [4.78, 5) is 21.8. The minimum Gasteiger partial charge on any atom is -0.462 e. The molecule has 1 heterocycles. The zero-order chi connectivity index (χ0) is 17.3. The van der Waals surface area contributed by atoms with Crippen LogP contribution in [-0.4, -0.2) is 35.6 Å². The molecule has 0 radical (unpaired) electrons. The number of esters is 1. The summed E-state index contributed by atoms with van der Waals surface area (Å²) in [5, 5.41) is 0. The Morgan fingerprint density at radius 1 is 1.21 bits per heavy atom. The Balaban J connectivity index is 1.73. The van der Waals surface area contributed by atoms with Gasteiger partial charge in [0.05, 0.1) is 12.2 Å². The lowest BCUT2D eigenvalue weighted by molar-refractivity contribution is 0.0525. The summed E-state index contributed by atoms with van der Waals surface area (Å²) in [6.45, 7) is 2.01. The summed E-state index contributed by atoms with van der Waals surface area (Å²) >= 11 is 0. The van der Waals surface area contributed by atoms with Crippen LogP contribution in [0, 0.1) is 11.6 Å². The molecule has 1 aromatic carbocycles. The number of likely N-dealkylation sites (N-methyl/N-ethyl adjacent to an activating group) is 1. The number of hydrogen-bond donors (Lipinski definition) is 0. The van der Waals surface area contributed by atoms with E-state index >= 15 is 0 Å². The van der Waals surface area contributed by atoms with Crippen molar-refractivity contribution in [2.45, 2.75) is 25.8 Å². The quantitative estimate of drug-likeness (QED) is 0.805. The Morgan fingerprint density at radius 2 is 1.75 bits per heavy atom. The second-order valence-electron chi connectivity index (χ2n) is 5.70. The van der Waals surface area contributed by atoms with Crippen LogP contribution in [-0.2, 0) is 17.6 Å². The van der Waals surface area contributed by atoms with E-state index in [2.05, 4.69) is 9.97 Å². The third kappa shape index (κ3) is 3.06. The van der Waals surface area contributed by atoms with Crippen molar-refractivity contribution in [2.24, 2.45) is 0 Å². The van der Waals surface area contributed by atoms with Crippen LogP contribution in [0.25, 0.3) is 0 Å². The van der Waals surface area contributed by atoms with E-state index in [0.717, 1.165) is 11.1 Å². The number of aromatic nitrogens is 2. The lowest BCUT2D eigenvalue weighted by Gasteiger charge is -2.24. The molecule has 5 nitrogen and oxygen atoms in total. The number of halogens is 2. The number of ether oxygens (including phenoxy) is 1. The van der Waals surface area contributed by atoms with Gasteiger partial charge in [0.25, 0.3) is 0 Å². The summed E-state index contributed by atoms with van der Waals surface area (Å²) in [5.41, 5.74) is 1.88. The Kier molecular flexibility index (Phi) is 4.42. The molecule has 0 aliphatic heterocycles. The van der Waals surface area contributed by atoms with E-state index in [1.807, 2.05) is 11.9 Å². The number of carbonyl (C=O) groups is 1. The number of fused-ring (bicyclic) bond motifs is 1. The van der Waals surface area contributed by atoms with Gasteiger partial charge in [-0.05, 0) is 43.0 Å². The Bertz CT molecular complexity index is 734. The smallest absolute Gasteiger partial charge is 0.341 e. The van der Waals surface area contributed by atoms with Crippen LogP contribution in [0.4, 0.5) is 14.7 Å². The van der Waals surface area contributed by atoms with Crippen LogP contribution < -0.4 is 4.90 Å². The van der Waals surface area contributed by atoms with Crippen molar-refractivity contribution in [2.75, 3.05) is 18.6 Å². The summed E-state index contributed by atoms with van der Waals surface area (Å²) in [6, 6.07) is 2.52. The van der Waals surface area contributed by atoms with Gasteiger partial charge < -0.3 is 9.64 Å². The average molecular weight is 333 g/mol. The van der Waals surface area contributed by atoms with Gasteiger partial charge in [0.1, 0.15) is 0 Å². The number of benzene rings is 1. The maximum absolute atomic E-state index is 13.4. The summed E-state index contributed by atoms with van der Waals surface area (Å²) < 4.78 is 31.6. The highest BCUT2D eigenvalue weighted by molar-refractivity contribution is 5.88.